The molecule has 0 bridgehead atoms. The molecule has 1 aliphatic heterocycles. The van der Waals surface area contributed by atoms with Crippen LogP contribution in [0.4, 0.5) is 0 Å². The van der Waals surface area contributed by atoms with Crippen molar-refractivity contribution in [2.75, 3.05) is 13.1 Å². The van der Waals surface area contributed by atoms with Crippen molar-refractivity contribution in [1.29, 1.82) is 0 Å². The fraction of sp³-hybridized carbons (Fsp3) is 0.500. The molecule has 1 aromatic carbocycles. The van der Waals surface area contributed by atoms with E-state index in [4.69, 9.17) is 10.8 Å². The highest BCUT2D eigenvalue weighted by Crippen LogP contribution is 2.19. The summed E-state index contributed by atoms with van der Waals surface area (Å²) in [6.07, 6.45) is 0. The van der Waals surface area contributed by atoms with Crippen LogP contribution in [0.2, 0.25) is 0 Å². The van der Waals surface area contributed by atoms with Crippen LogP contribution in [-0.4, -0.2) is 28.6 Å². The summed E-state index contributed by atoms with van der Waals surface area (Å²) < 4.78 is 0. The zero-order valence-corrected chi connectivity index (χ0v) is 9.11. The van der Waals surface area contributed by atoms with Crippen molar-refractivity contribution in [1.82, 2.24) is 4.90 Å². The number of hydrogen-bond acceptors (Lipinski definition) is 3. The summed E-state index contributed by atoms with van der Waals surface area (Å²) in [5.41, 5.74) is 8.19. The molecule has 3 heteroatoms. The van der Waals surface area contributed by atoms with Gasteiger partial charge in [-0.1, -0.05) is 24.3 Å². The molecule has 0 saturated carbocycles. The highest BCUT2D eigenvalue weighted by molar-refractivity contribution is 5.22. The van der Waals surface area contributed by atoms with E-state index in [2.05, 4.69) is 24.0 Å². The van der Waals surface area contributed by atoms with E-state index >= 15 is 0 Å². The van der Waals surface area contributed by atoms with Gasteiger partial charge in [-0.3, -0.25) is 4.90 Å². The second-order valence-electron chi connectivity index (χ2n) is 4.77. The predicted octanol–water partition coefficient (Wildman–Crippen LogP) is 0.712. The van der Waals surface area contributed by atoms with E-state index in [0.29, 0.717) is 0 Å². The molecule has 1 heterocycles. The first-order valence-corrected chi connectivity index (χ1v) is 5.29. The Morgan fingerprint density at radius 1 is 1.27 bits per heavy atom. The zero-order chi connectivity index (χ0) is 10.9. The molecule has 0 unspecified atom stereocenters. The highest BCUT2D eigenvalue weighted by Gasteiger charge is 2.34. The lowest BCUT2D eigenvalue weighted by Gasteiger charge is -2.45. The Hall–Kier alpha value is -0.900. The Kier molecular flexibility index (Phi) is 2.78. The molecule has 1 fully saturated rings. The van der Waals surface area contributed by atoms with E-state index in [9.17, 15) is 0 Å². The van der Waals surface area contributed by atoms with Gasteiger partial charge in [-0.2, -0.15) is 0 Å². The van der Waals surface area contributed by atoms with Crippen LogP contribution in [0.5, 0.6) is 0 Å². The van der Waals surface area contributed by atoms with Gasteiger partial charge in [0.1, 0.15) is 0 Å². The maximum atomic E-state index is 8.91. The third-order valence-electron chi connectivity index (χ3n) is 2.78. The fourth-order valence-electron chi connectivity index (χ4n) is 2.10. The number of nitrogens with two attached hydrogens (primary N) is 1. The Morgan fingerprint density at radius 3 is 2.27 bits per heavy atom. The standard InChI is InChI=1S/C12H18N2O/c1-12(13)8-14(9-12)6-10-2-4-11(7-15)5-3-10/h2-5,15H,6-9,13H2,1H3. The molecule has 1 saturated heterocycles. The number of rotatable bonds is 3. The minimum atomic E-state index is 0.00500. The molecule has 3 nitrogen and oxygen atoms in total. The van der Waals surface area contributed by atoms with Crippen LogP contribution in [0.1, 0.15) is 18.1 Å². The van der Waals surface area contributed by atoms with Gasteiger partial charge in [0.25, 0.3) is 0 Å². The Bertz CT molecular complexity index is 324. The summed E-state index contributed by atoms with van der Waals surface area (Å²) >= 11 is 0. The zero-order valence-electron chi connectivity index (χ0n) is 9.11. The molecule has 1 aromatic rings. The van der Waals surface area contributed by atoms with Crippen LogP contribution in [0.15, 0.2) is 24.3 Å². The maximum Gasteiger partial charge on any atom is 0.0681 e. The molecule has 1 aliphatic rings. The molecule has 0 spiro atoms. The van der Waals surface area contributed by atoms with E-state index in [0.717, 1.165) is 25.2 Å². The molecule has 15 heavy (non-hydrogen) atoms. The highest BCUT2D eigenvalue weighted by atomic mass is 16.3. The van der Waals surface area contributed by atoms with Crippen LogP contribution in [0.25, 0.3) is 0 Å². The molecule has 0 amide bonds. The first-order chi connectivity index (χ1) is 7.09. The molecule has 0 aromatic heterocycles. The lowest BCUT2D eigenvalue weighted by atomic mass is 9.93. The Labute approximate surface area is 90.5 Å². The summed E-state index contributed by atoms with van der Waals surface area (Å²) in [6.45, 7) is 5.09. The van der Waals surface area contributed by atoms with E-state index < -0.39 is 0 Å². The lowest BCUT2D eigenvalue weighted by Crippen LogP contribution is -2.64. The van der Waals surface area contributed by atoms with Gasteiger partial charge in [-0.05, 0) is 18.1 Å². The van der Waals surface area contributed by atoms with Crippen molar-refractivity contribution in [2.24, 2.45) is 5.73 Å². The van der Waals surface area contributed by atoms with Crippen molar-refractivity contribution < 1.29 is 5.11 Å². The van der Waals surface area contributed by atoms with E-state index in [1.165, 1.54) is 5.56 Å². The predicted molar refractivity (Wildman–Crippen MR) is 60.2 cm³/mol. The summed E-state index contributed by atoms with van der Waals surface area (Å²) in [7, 11) is 0. The molecule has 0 aliphatic carbocycles. The SMILES string of the molecule is CC1(N)CN(Cc2ccc(CO)cc2)C1. The first kappa shape index (κ1) is 10.6. The average Bonchev–Trinajstić information content (AvgIpc) is 2.16. The number of hydrogen-bond donors (Lipinski definition) is 2. The van der Waals surface area contributed by atoms with E-state index in [1.54, 1.807) is 0 Å². The maximum absolute atomic E-state index is 8.91. The second-order valence-corrected chi connectivity index (χ2v) is 4.77. The summed E-state index contributed by atoms with van der Waals surface area (Å²) in [4.78, 5) is 2.33. The van der Waals surface area contributed by atoms with Crippen LogP contribution in [-0.2, 0) is 13.2 Å². The molecule has 3 N–H and O–H groups in total. The summed E-state index contributed by atoms with van der Waals surface area (Å²) in [5.74, 6) is 0. The average molecular weight is 206 g/mol. The van der Waals surface area contributed by atoms with Crippen LogP contribution >= 0.6 is 0 Å². The minimum Gasteiger partial charge on any atom is -0.392 e. The minimum absolute atomic E-state index is 0.00500. The van der Waals surface area contributed by atoms with Crippen molar-refractivity contribution in [2.45, 2.75) is 25.6 Å². The third kappa shape index (κ3) is 2.56. The molecular weight excluding hydrogens is 188 g/mol. The van der Waals surface area contributed by atoms with Crippen LogP contribution in [0, 0.1) is 0 Å². The third-order valence-corrected chi connectivity index (χ3v) is 2.78. The van der Waals surface area contributed by atoms with Crippen molar-refractivity contribution >= 4 is 0 Å². The number of aliphatic hydroxyl groups excluding tert-OH is 1. The van der Waals surface area contributed by atoms with Gasteiger partial charge in [0.2, 0.25) is 0 Å². The van der Waals surface area contributed by atoms with Gasteiger partial charge in [0.05, 0.1) is 6.61 Å². The fourth-order valence-corrected chi connectivity index (χ4v) is 2.10. The number of likely N-dealkylation sites (tertiary alicyclic amines) is 1. The molecule has 2 rings (SSSR count). The molecule has 0 atom stereocenters. The Morgan fingerprint density at radius 2 is 1.80 bits per heavy atom. The van der Waals surface area contributed by atoms with Gasteiger partial charge < -0.3 is 10.8 Å². The van der Waals surface area contributed by atoms with Gasteiger partial charge in [-0.25, -0.2) is 0 Å². The number of benzene rings is 1. The van der Waals surface area contributed by atoms with Crippen LogP contribution < -0.4 is 5.73 Å². The molecule has 0 radical (unpaired) electrons. The van der Waals surface area contributed by atoms with Gasteiger partial charge in [-0.15, -0.1) is 0 Å². The quantitative estimate of drug-likeness (QED) is 0.766. The smallest absolute Gasteiger partial charge is 0.0681 e. The summed E-state index contributed by atoms with van der Waals surface area (Å²) in [6, 6.07) is 8.07. The second kappa shape index (κ2) is 3.93. The normalized spacial score (nSPS) is 19.9. The molecule has 82 valence electrons. The van der Waals surface area contributed by atoms with E-state index in [1.807, 2.05) is 12.1 Å². The largest absolute Gasteiger partial charge is 0.392 e. The first-order valence-electron chi connectivity index (χ1n) is 5.29. The van der Waals surface area contributed by atoms with Crippen molar-refractivity contribution in [3.63, 3.8) is 0 Å². The monoisotopic (exact) mass is 206 g/mol. The van der Waals surface area contributed by atoms with Gasteiger partial charge in [0.15, 0.2) is 0 Å². The lowest BCUT2D eigenvalue weighted by molar-refractivity contribution is 0.0764. The van der Waals surface area contributed by atoms with Crippen molar-refractivity contribution in [3.8, 4) is 0 Å². The van der Waals surface area contributed by atoms with Crippen LogP contribution in [0.3, 0.4) is 0 Å². The van der Waals surface area contributed by atoms with Gasteiger partial charge in [0, 0.05) is 25.2 Å². The number of aliphatic hydroxyl groups is 1. The van der Waals surface area contributed by atoms with Crippen molar-refractivity contribution in [3.05, 3.63) is 35.4 Å². The van der Waals surface area contributed by atoms with E-state index in [-0.39, 0.29) is 12.1 Å². The Balaban J connectivity index is 1.89. The van der Waals surface area contributed by atoms with Gasteiger partial charge >= 0.3 is 0 Å². The molecular formula is C12H18N2O. The number of nitrogens with zero attached hydrogens (tertiary/aromatic N) is 1. The summed E-state index contributed by atoms with van der Waals surface area (Å²) in [5, 5.41) is 8.91. The topological polar surface area (TPSA) is 49.5 Å².